The number of ether oxygens (including phenoxy) is 1. The molecule has 2 amide bonds. The number of rotatable bonds is 5. The van der Waals surface area contributed by atoms with Crippen molar-refractivity contribution >= 4 is 18.0 Å². The first-order valence-corrected chi connectivity index (χ1v) is 7.32. The second-order valence-electron chi connectivity index (χ2n) is 5.84. The van der Waals surface area contributed by atoms with E-state index in [1.54, 1.807) is 4.90 Å². The van der Waals surface area contributed by atoms with Crippen LogP contribution in [0.15, 0.2) is 0 Å². The predicted octanol–water partition coefficient (Wildman–Crippen LogP) is 0.836. The van der Waals surface area contributed by atoms with Crippen LogP contribution in [0.3, 0.4) is 0 Å². The largest absolute Gasteiger partial charge is 0.481 e. The number of carboxylic acids is 1. The molecule has 0 bridgehead atoms. The van der Waals surface area contributed by atoms with Gasteiger partial charge in [0.05, 0.1) is 12.5 Å². The van der Waals surface area contributed by atoms with Crippen molar-refractivity contribution in [3.8, 4) is 0 Å². The zero-order valence-corrected chi connectivity index (χ0v) is 12.3. The molecule has 0 unspecified atom stereocenters. The number of nitrogens with zero attached hydrogens (tertiary/aromatic N) is 1. The second kappa shape index (κ2) is 6.32. The van der Waals surface area contributed by atoms with Crippen molar-refractivity contribution in [2.24, 2.45) is 11.3 Å². The minimum atomic E-state index is -0.786. The first-order chi connectivity index (χ1) is 9.99. The summed E-state index contributed by atoms with van der Waals surface area (Å²) in [6.07, 6.45) is 3.22. The molecule has 1 saturated carbocycles. The van der Waals surface area contributed by atoms with Gasteiger partial charge in [0.15, 0.2) is 0 Å². The highest BCUT2D eigenvalue weighted by Gasteiger charge is 2.55. The zero-order chi connectivity index (χ0) is 15.5. The van der Waals surface area contributed by atoms with Gasteiger partial charge in [0, 0.05) is 26.1 Å². The van der Waals surface area contributed by atoms with Gasteiger partial charge >= 0.3 is 18.0 Å². The third-order valence-electron chi connectivity index (χ3n) is 4.65. The summed E-state index contributed by atoms with van der Waals surface area (Å²) < 4.78 is 4.52. The van der Waals surface area contributed by atoms with Gasteiger partial charge in [-0.1, -0.05) is 6.42 Å². The highest BCUT2D eigenvalue weighted by Crippen LogP contribution is 2.48. The SMILES string of the molecule is COC(=O)CCCNC(=O)N1C[C@@H]2CCC[C@@]2(C(=O)O)C1. The van der Waals surface area contributed by atoms with Crippen LogP contribution in [0, 0.1) is 11.3 Å². The molecule has 2 fully saturated rings. The molecule has 1 aliphatic carbocycles. The highest BCUT2D eigenvalue weighted by atomic mass is 16.5. The van der Waals surface area contributed by atoms with Crippen molar-refractivity contribution < 1.29 is 24.2 Å². The molecule has 0 aromatic rings. The number of likely N-dealkylation sites (tertiary alicyclic amines) is 1. The van der Waals surface area contributed by atoms with Gasteiger partial charge < -0.3 is 20.1 Å². The fraction of sp³-hybridized carbons (Fsp3) is 0.786. The van der Waals surface area contributed by atoms with Gasteiger partial charge in [-0.2, -0.15) is 0 Å². The van der Waals surface area contributed by atoms with Crippen LogP contribution < -0.4 is 5.32 Å². The molecule has 1 saturated heterocycles. The summed E-state index contributed by atoms with van der Waals surface area (Å²) in [7, 11) is 1.33. The van der Waals surface area contributed by atoms with Crippen LogP contribution in [0.4, 0.5) is 4.79 Å². The summed E-state index contributed by atoms with van der Waals surface area (Å²) in [6.45, 7) is 1.18. The van der Waals surface area contributed by atoms with Crippen molar-refractivity contribution in [1.29, 1.82) is 0 Å². The summed E-state index contributed by atoms with van der Waals surface area (Å²) in [6, 6.07) is -0.241. The minimum Gasteiger partial charge on any atom is -0.481 e. The number of esters is 1. The number of hydrogen-bond donors (Lipinski definition) is 2. The van der Waals surface area contributed by atoms with Crippen molar-refractivity contribution in [3.63, 3.8) is 0 Å². The Morgan fingerprint density at radius 2 is 2.19 bits per heavy atom. The van der Waals surface area contributed by atoms with Crippen LogP contribution in [0.1, 0.15) is 32.1 Å². The molecular weight excluding hydrogens is 276 g/mol. The van der Waals surface area contributed by atoms with Crippen molar-refractivity contribution in [2.75, 3.05) is 26.7 Å². The van der Waals surface area contributed by atoms with Gasteiger partial charge in [0.2, 0.25) is 0 Å². The fourth-order valence-corrected chi connectivity index (χ4v) is 3.44. The average molecular weight is 298 g/mol. The first kappa shape index (κ1) is 15.6. The quantitative estimate of drug-likeness (QED) is 0.579. The van der Waals surface area contributed by atoms with E-state index < -0.39 is 11.4 Å². The van der Waals surface area contributed by atoms with Crippen LogP contribution in [0.25, 0.3) is 0 Å². The van der Waals surface area contributed by atoms with Gasteiger partial charge in [-0.15, -0.1) is 0 Å². The number of hydrogen-bond acceptors (Lipinski definition) is 4. The van der Waals surface area contributed by atoms with E-state index in [1.807, 2.05) is 0 Å². The van der Waals surface area contributed by atoms with Crippen LogP contribution in [0.2, 0.25) is 0 Å². The maximum atomic E-state index is 12.1. The Morgan fingerprint density at radius 3 is 2.81 bits per heavy atom. The molecule has 0 aromatic heterocycles. The number of methoxy groups -OCH3 is 1. The summed E-state index contributed by atoms with van der Waals surface area (Å²) in [5.74, 6) is -1.02. The molecule has 0 spiro atoms. The number of nitrogens with one attached hydrogen (secondary N) is 1. The van der Waals surface area contributed by atoms with E-state index >= 15 is 0 Å². The van der Waals surface area contributed by atoms with Gasteiger partial charge in [-0.25, -0.2) is 4.79 Å². The van der Waals surface area contributed by atoms with Crippen LogP contribution in [-0.4, -0.2) is 54.7 Å². The first-order valence-electron chi connectivity index (χ1n) is 7.32. The molecule has 21 heavy (non-hydrogen) atoms. The molecule has 2 aliphatic rings. The van der Waals surface area contributed by atoms with Crippen molar-refractivity contribution in [2.45, 2.75) is 32.1 Å². The maximum Gasteiger partial charge on any atom is 0.317 e. The van der Waals surface area contributed by atoms with Crippen LogP contribution in [-0.2, 0) is 14.3 Å². The van der Waals surface area contributed by atoms with E-state index in [1.165, 1.54) is 7.11 Å². The average Bonchev–Trinajstić information content (AvgIpc) is 3.00. The monoisotopic (exact) mass is 298 g/mol. The molecule has 2 N–H and O–H groups in total. The van der Waals surface area contributed by atoms with Gasteiger partial charge in [0.25, 0.3) is 0 Å². The number of fused-ring (bicyclic) bond motifs is 1. The molecule has 118 valence electrons. The lowest BCUT2D eigenvalue weighted by Crippen LogP contribution is -2.42. The topological polar surface area (TPSA) is 95.9 Å². The Kier molecular flexibility index (Phi) is 4.69. The Balaban J connectivity index is 1.80. The molecule has 7 heteroatoms. The van der Waals surface area contributed by atoms with E-state index in [4.69, 9.17) is 0 Å². The predicted molar refractivity (Wildman–Crippen MR) is 73.6 cm³/mol. The van der Waals surface area contributed by atoms with Gasteiger partial charge in [-0.3, -0.25) is 9.59 Å². The lowest BCUT2D eigenvalue weighted by molar-refractivity contribution is -0.149. The summed E-state index contributed by atoms with van der Waals surface area (Å²) in [5, 5.41) is 12.2. The Hall–Kier alpha value is -1.79. The third kappa shape index (κ3) is 3.11. The number of amides is 2. The summed E-state index contributed by atoms with van der Waals surface area (Å²) >= 11 is 0. The Bertz CT molecular complexity index is 439. The van der Waals surface area contributed by atoms with Gasteiger partial charge in [-0.05, 0) is 25.2 Å². The van der Waals surface area contributed by atoms with E-state index in [0.29, 0.717) is 25.9 Å². The Morgan fingerprint density at radius 1 is 1.43 bits per heavy atom. The lowest BCUT2D eigenvalue weighted by atomic mass is 9.81. The molecular formula is C14H22N2O5. The number of carbonyl (C=O) groups is 3. The van der Waals surface area contributed by atoms with Crippen molar-refractivity contribution in [1.82, 2.24) is 10.2 Å². The molecule has 2 rings (SSSR count). The van der Waals surface area contributed by atoms with E-state index in [-0.39, 0.29) is 30.9 Å². The summed E-state index contributed by atoms with van der Waals surface area (Å²) in [4.78, 5) is 36.1. The number of carboxylic acid groups (broad SMARTS) is 1. The lowest BCUT2D eigenvalue weighted by Gasteiger charge is -2.23. The zero-order valence-electron chi connectivity index (χ0n) is 12.3. The van der Waals surface area contributed by atoms with Gasteiger partial charge in [0.1, 0.15) is 0 Å². The molecule has 1 aliphatic heterocycles. The number of urea groups is 1. The highest BCUT2D eigenvalue weighted by molar-refractivity contribution is 5.80. The maximum absolute atomic E-state index is 12.1. The van der Waals surface area contributed by atoms with E-state index in [0.717, 1.165) is 12.8 Å². The molecule has 0 aromatic carbocycles. The van der Waals surface area contributed by atoms with Crippen molar-refractivity contribution in [3.05, 3.63) is 0 Å². The fourth-order valence-electron chi connectivity index (χ4n) is 3.44. The Labute approximate surface area is 123 Å². The smallest absolute Gasteiger partial charge is 0.317 e. The van der Waals surface area contributed by atoms with Crippen LogP contribution in [0.5, 0.6) is 0 Å². The summed E-state index contributed by atoms with van der Waals surface area (Å²) in [5.41, 5.74) is -0.747. The standard InChI is InChI=1S/C14H22N2O5/c1-21-11(17)5-3-7-15-13(20)16-8-10-4-2-6-14(10,9-16)12(18)19/h10H,2-9H2,1H3,(H,15,20)(H,18,19)/t10-,14+/m0/s1. The third-order valence-corrected chi connectivity index (χ3v) is 4.65. The second-order valence-corrected chi connectivity index (χ2v) is 5.84. The molecule has 0 radical (unpaired) electrons. The molecule has 1 heterocycles. The normalized spacial score (nSPS) is 27.3. The minimum absolute atomic E-state index is 0.0656. The van der Waals surface area contributed by atoms with Crippen LogP contribution >= 0.6 is 0 Å². The number of aliphatic carboxylic acids is 1. The molecule has 7 nitrogen and oxygen atoms in total. The van der Waals surface area contributed by atoms with E-state index in [2.05, 4.69) is 10.1 Å². The number of carbonyl (C=O) groups excluding carboxylic acids is 2. The molecule has 2 atom stereocenters. The van der Waals surface area contributed by atoms with E-state index in [9.17, 15) is 19.5 Å².